The Labute approximate surface area is 156 Å². The van der Waals surface area contributed by atoms with Gasteiger partial charge in [0.2, 0.25) is 0 Å². The predicted octanol–water partition coefficient (Wildman–Crippen LogP) is 3.17. The lowest BCUT2D eigenvalue weighted by atomic mass is 10.2. The third-order valence-electron chi connectivity index (χ3n) is 5.54. The van der Waals surface area contributed by atoms with Crippen LogP contribution in [0.15, 0.2) is 51.7 Å². The topological polar surface area (TPSA) is 68.3 Å². The highest BCUT2D eigenvalue weighted by Gasteiger charge is 2.32. The number of rotatable bonds is 4. The minimum Gasteiger partial charge on any atom is -0.451 e. The van der Waals surface area contributed by atoms with Crippen molar-refractivity contribution in [2.45, 2.75) is 44.2 Å². The molecule has 0 radical (unpaired) electrons. The lowest BCUT2D eigenvalue weighted by Gasteiger charge is -2.24. The van der Waals surface area contributed by atoms with Crippen molar-refractivity contribution in [3.05, 3.63) is 64.3 Å². The van der Waals surface area contributed by atoms with E-state index in [1.54, 1.807) is 12.1 Å². The molecule has 2 aliphatic rings. The molecule has 6 heteroatoms. The van der Waals surface area contributed by atoms with Gasteiger partial charge in [-0.25, -0.2) is 4.68 Å². The first-order chi connectivity index (χ1) is 13.2. The molecule has 2 aromatic heterocycles. The molecule has 2 fully saturated rings. The van der Waals surface area contributed by atoms with E-state index in [-0.39, 0.29) is 17.5 Å². The van der Waals surface area contributed by atoms with Crippen LogP contribution in [0.2, 0.25) is 0 Å². The Hall–Kier alpha value is -2.89. The van der Waals surface area contributed by atoms with Crippen LogP contribution in [-0.4, -0.2) is 33.2 Å². The molecule has 5 rings (SSSR count). The molecule has 1 aliphatic carbocycles. The Bertz CT molecular complexity index is 1030. The number of carbonyl (C=O) groups excluding carboxylic acids is 1. The number of amides is 1. The van der Waals surface area contributed by atoms with Gasteiger partial charge < -0.3 is 9.32 Å². The number of carbonyl (C=O) groups is 1. The van der Waals surface area contributed by atoms with Crippen molar-refractivity contribution in [3.8, 4) is 0 Å². The van der Waals surface area contributed by atoms with Crippen LogP contribution in [0.25, 0.3) is 11.0 Å². The Morgan fingerprint density at radius 1 is 1.15 bits per heavy atom. The third kappa shape index (κ3) is 3.05. The van der Waals surface area contributed by atoms with Gasteiger partial charge in [0.25, 0.3) is 11.5 Å². The molecule has 3 heterocycles. The van der Waals surface area contributed by atoms with Crippen molar-refractivity contribution < 1.29 is 9.21 Å². The highest BCUT2D eigenvalue weighted by atomic mass is 16.3. The van der Waals surface area contributed by atoms with E-state index in [0.717, 1.165) is 36.8 Å². The summed E-state index contributed by atoms with van der Waals surface area (Å²) < 4.78 is 7.28. The number of furan rings is 1. The van der Waals surface area contributed by atoms with Crippen LogP contribution in [0, 0.1) is 0 Å². The van der Waals surface area contributed by atoms with Gasteiger partial charge in [-0.2, -0.15) is 5.10 Å². The molecule has 27 heavy (non-hydrogen) atoms. The standard InChI is InChI=1S/C21H21N3O3/c25-20-10-9-17(14-7-8-14)22-24(20)13-16-5-3-11-23(16)21(26)19-12-15-4-1-2-6-18(15)27-19/h1-2,4,6,9-10,12,14,16H,3,5,7-8,11,13H2. The van der Waals surface area contributed by atoms with Crippen LogP contribution < -0.4 is 5.56 Å². The second kappa shape index (κ2) is 6.37. The van der Waals surface area contributed by atoms with E-state index in [2.05, 4.69) is 5.10 Å². The van der Waals surface area contributed by atoms with Crippen molar-refractivity contribution in [1.82, 2.24) is 14.7 Å². The smallest absolute Gasteiger partial charge is 0.289 e. The second-order valence-electron chi connectivity index (χ2n) is 7.50. The molecule has 3 aromatic rings. The summed E-state index contributed by atoms with van der Waals surface area (Å²) in [5, 5.41) is 5.46. The molecule has 0 N–H and O–H groups in total. The summed E-state index contributed by atoms with van der Waals surface area (Å²) >= 11 is 0. The first-order valence-corrected chi connectivity index (χ1v) is 9.57. The van der Waals surface area contributed by atoms with Gasteiger partial charge in [0.05, 0.1) is 18.3 Å². The molecule has 1 unspecified atom stereocenters. The molecule has 1 saturated carbocycles. The fourth-order valence-electron chi connectivity index (χ4n) is 3.91. The molecule has 0 bridgehead atoms. The molecular formula is C21H21N3O3. The Kier molecular flexibility index (Phi) is 3.85. The SMILES string of the molecule is O=C(c1cc2ccccc2o1)N1CCCC1Cn1nc(C2CC2)ccc1=O. The number of likely N-dealkylation sites (tertiary alicyclic amines) is 1. The van der Waals surface area contributed by atoms with Crippen molar-refractivity contribution in [3.63, 3.8) is 0 Å². The summed E-state index contributed by atoms with van der Waals surface area (Å²) in [7, 11) is 0. The highest BCUT2D eigenvalue weighted by molar-refractivity contribution is 5.96. The summed E-state index contributed by atoms with van der Waals surface area (Å²) in [6, 6.07) is 12.8. The number of fused-ring (bicyclic) bond motifs is 1. The van der Waals surface area contributed by atoms with Gasteiger partial charge in [0.15, 0.2) is 5.76 Å². The van der Waals surface area contributed by atoms with Crippen LogP contribution in [-0.2, 0) is 6.54 Å². The van der Waals surface area contributed by atoms with Crippen molar-refractivity contribution in [2.75, 3.05) is 6.54 Å². The van der Waals surface area contributed by atoms with E-state index in [1.807, 2.05) is 35.2 Å². The van der Waals surface area contributed by atoms with Gasteiger partial charge >= 0.3 is 0 Å². The van der Waals surface area contributed by atoms with Crippen molar-refractivity contribution in [2.24, 2.45) is 0 Å². The number of benzene rings is 1. The van der Waals surface area contributed by atoms with Crippen molar-refractivity contribution in [1.29, 1.82) is 0 Å². The molecule has 1 saturated heterocycles. The summed E-state index contributed by atoms with van der Waals surface area (Å²) in [6.07, 6.45) is 4.08. The van der Waals surface area contributed by atoms with Crippen LogP contribution in [0.5, 0.6) is 0 Å². The zero-order chi connectivity index (χ0) is 18.4. The Balaban J connectivity index is 1.39. The molecule has 6 nitrogen and oxygen atoms in total. The molecule has 1 aromatic carbocycles. The number of hydrogen-bond acceptors (Lipinski definition) is 4. The molecule has 138 valence electrons. The summed E-state index contributed by atoms with van der Waals surface area (Å²) in [5.74, 6) is 0.740. The van der Waals surface area contributed by atoms with Gasteiger partial charge in [0.1, 0.15) is 5.58 Å². The average Bonchev–Trinajstić information content (AvgIpc) is 3.27. The van der Waals surface area contributed by atoms with Crippen LogP contribution in [0.4, 0.5) is 0 Å². The first-order valence-electron chi connectivity index (χ1n) is 9.57. The molecule has 1 aliphatic heterocycles. The van der Waals surface area contributed by atoms with Crippen LogP contribution in [0.1, 0.15) is 47.8 Å². The maximum absolute atomic E-state index is 13.0. The molecule has 1 atom stereocenters. The Morgan fingerprint density at radius 2 is 2.00 bits per heavy atom. The van der Waals surface area contributed by atoms with Gasteiger partial charge in [-0.1, -0.05) is 18.2 Å². The third-order valence-corrected chi connectivity index (χ3v) is 5.54. The van der Waals surface area contributed by atoms with E-state index in [9.17, 15) is 9.59 Å². The molecule has 1 amide bonds. The summed E-state index contributed by atoms with van der Waals surface area (Å²) in [5.41, 5.74) is 1.59. The fraction of sp³-hybridized carbons (Fsp3) is 0.381. The average molecular weight is 363 g/mol. The first kappa shape index (κ1) is 16.3. The monoisotopic (exact) mass is 363 g/mol. The van der Waals surface area contributed by atoms with E-state index < -0.39 is 0 Å². The van der Waals surface area contributed by atoms with E-state index >= 15 is 0 Å². The van der Waals surface area contributed by atoms with Crippen LogP contribution in [0.3, 0.4) is 0 Å². The van der Waals surface area contributed by atoms with E-state index in [4.69, 9.17) is 4.42 Å². The zero-order valence-electron chi connectivity index (χ0n) is 15.0. The lowest BCUT2D eigenvalue weighted by Crippen LogP contribution is -2.40. The second-order valence-corrected chi connectivity index (χ2v) is 7.50. The maximum Gasteiger partial charge on any atom is 0.289 e. The Morgan fingerprint density at radius 3 is 2.81 bits per heavy atom. The highest BCUT2D eigenvalue weighted by Crippen LogP contribution is 2.38. The normalized spacial score (nSPS) is 19.7. The number of para-hydroxylation sites is 1. The quantitative estimate of drug-likeness (QED) is 0.714. The van der Waals surface area contributed by atoms with Crippen LogP contribution >= 0.6 is 0 Å². The molecular weight excluding hydrogens is 342 g/mol. The number of aromatic nitrogens is 2. The fourth-order valence-corrected chi connectivity index (χ4v) is 3.91. The van der Waals surface area contributed by atoms with Gasteiger partial charge in [-0.3, -0.25) is 9.59 Å². The van der Waals surface area contributed by atoms with Gasteiger partial charge in [-0.05, 0) is 43.9 Å². The largest absolute Gasteiger partial charge is 0.451 e. The van der Waals surface area contributed by atoms with Gasteiger partial charge in [0, 0.05) is 23.9 Å². The molecule has 0 spiro atoms. The van der Waals surface area contributed by atoms with Crippen molar-refractivity contribution >= 4 is 16.9 Å². The summed E-state index contributed by atoms with van der Waals surface area (Å²) in [4.78, 5) is 27.1. The zero-order valence-corrected chi connectivity index (χ0v) is 15.0. The minimum atomic E-state index is -0.111. The predicted molar refractivity (Wildman–Crippen MR) is 101 cm³/mol. The maximum atomic E-state index is 13.0. The number of nitrogens with zero attached hydrogens (tertiary/aromatic N) is 3. The lowest BCUT2D eigenvalue weighted by molar-refractivity contribution is 0.0690. The van der Waals surface area contributed by atoms with Gasteiger partial charge in [-0.15, -0.1) is 0 Å². The summed E-state index contributed by atoms with van der Waals surface area (Å²) in [6.45, 7) is 1.11. The number of hydrogen-bond donors (Lipinski definition) is 0. The van der Waals surface area contributed by atoms with E-state index in [1.165, 1.54) is 4.68 Å². The minimum absolute atomic E-state index is 0.0367. The van der Waals surface area contributed by atoms with E-state index in [0.29, 0.717) is 30.4 Å².